The Morgan fingerprint density at radius 2 is 1.86 bits per heavy atom. The highest BCUT2D eigenvalue weighted by Crippen LogP contribution is 2.40. The first kappa shape index (κ1) is 26.3. The van der Waals surface area contributed by atoms with Gasteiger partial charge in [0.05, 0.1) is 36.4 Å². The van der Waals surface area contributed by atoms with Crippen LogP contribution in [0.2, 0.25) is 0 Å². The van der Waals surface area contributed by atoms with Crippen LogP contribution in [0.15, 0.2) is 54.1 Å². The van der Waals surface area contributed by atoms with Crippen molar-refractivity contribution in [2.24, 2.45) is 0 Å². The van der Waals surface area contributed by atoms with E-state index in [1.165, 1.54) is 23.1 Å². The number of likely N-dealkylation sites (tertiary alicyclic amines) is 1. The molecule has 2 aromatic carbocycles. The maximum absolute atomic E-state index is 13.2. The van der Waals surface area contributed by atoms with E-state index in [1.807, 2.05) is 6.92 Å². The van der Waals surface area contributed by atoms with Crippen LogP contribution in [0.1, 0.15) is 36.9 Å². The van der Waals surface area contributed by atoms with Gasteiger partial charge in [0.1, 0.15) is 11.5 Å². The van der Waals surface area contributed by atoms with E-state index in [1.54, 1.807) is 30.3 Å². The third-order valence-electron chi connectivity index (χ3n) is 6.51. The molecule has 10 nitrogen and oxygen atoms in total. The summed E-state index contributed by atoms with van der Waals surface area (Å²) in [5.74, 6) is -1.25. The molecule has 0 aromatic heterocycles. The highest BCUT2D eigenvalue weighted by atomic mass is 16.6. The number of nitro groups is 1. The number of carbonyl (C=O) groups excluding carboxylic acids is 2. The maximum Gasteiger partial charge on any atom is 0.295 e. The molecule has 2 aromatic rings. The molecule has 0 bridgehead atoms. The Labute approximate surface area is 215 Å². The monoisotopic (exact) mass is 509 g/mol. The van der Waals surface area contributed by atoms with E-state index in [9.17, 15) is 24.8 Å². The van der Waals surface area contributed by atoms with E-state index < -0.39 is 22.7 Å². The van der Waals surface area contributed by atoms with Gasteiger partial charge in [-0.3, -0.25) is 24.6 Å². The molecule has 37 heavy (non-hydrogen) atoms. The maximum atomic E-state index is 13.2. The summed E-state index contributed by atoms with van der Waals surface area (Å²) in [6, 6.07) is 11.5. The second kappa shape index (κ2) is 12.0. The van der Waals surface area contributed by atoms with Gasteiger partial charge in [-0.2, -0.15) is 0 Å². The number of benzene rings is 2. The molecule has 1 atom stereocenters. The number of non-ortho nitro benzene ring substituents is 1. The number of ether oxygens (including phenoxy) is 2. The number of hydrogen-bond donors (Lipinski definition) is 1. The van der Waals surface area contributed by atoms with E-state index in [0.29, 0.717) is 49.7 Å². The molecular weight excluding hydrogens is 478 g/mol. The lowest BCUT2D eigenvalue weighted by atomic mass is 9.95. The summed E-state index contributed by atoms with van der Waals surface area (Å²) in [5.41, 5.74) is 0.503. The average molecular weight is 510 g/mol. The van der Waals surface area contributed by atoms with Crippen LogP contribution in [-0.4, -0.2) is 77.5 Å². The normalized spacial score (nSPS) is 19.8. The van der Waals surface area contributed by atoms with Crippen LogP contribution >= 0.6 is 0 Å². The number of ketones is 1. The minimum atomic E-state index is -0.944. The SMILES string of the molecule is CCCOc1ccc(C(O)=C2C(=O)C(=O)N(CCCN3CCOCC3)[C@H]2c2cccc([N+](=O)[O-])c2)cc1. The molecule has 2 aliphatic heterocycles. The van der Waals surface area contributed by atoms with Gasteiger partial charge in [0, 0.05) is 43.9 Å². The van der Waals surface area contributed by atoms with Crippen molar-refractivity contribution in [3.8, 4) is 5.75 Å². The molecule has 2 saturated heterocycles. The van der Waals surface area contributed by atoms with Crippen molar-refractivity contribution in [1.82, 2.24) is 9.80 Å². The van der Waals surface area contributed by atoms with Crippen LogP contribution < -0.4 is 4.74 Å². The molecule has 2 fully saturated rings. The van der Waals surface area contributed by atoms with E-state index >= 15 is 0 Å². The molecule has 2 heterocycles. The van der Waals surface area contributed by atoms with Gasteiger partial charge in [0.15, 0.2) is 0 Å². The molecule has 0 spiro atoms. The third kappa shape index (κ3) is 5.98. The first-order valence-corrected chi connectivity index (χ1v) is 12.5. The Hall–Kier alpha value is -3.76. The molecule has 10 heteroatoms. The van der Waals surface area contributed by atoms with Gasteiger partial charge in [-0.05, 0) is 42.7 Å². The lowest BCUT2D eigenvalue weighted by Crippen LogP contribution is -2.39. The molecule has 0 aliphatic carbocycles. The highest BCUT2D eigenvalue weighted by molar-refractivity contribution is 6.46. The summed E-state index contributed by atoms with van der Waals surface area (Å²) in [5, 5.41) is 22.7. The molecular formula is C27H31N3O7. The van der Waals surface area contributed by atoms with Gasteiger partial charge in [0.25, 0.3) is 17.4 Å². The predicted octanol–water partition coefficient (Wildman–Crippen LogP) is 3.53. The van der Waals surface area contributed by atoms with Crippen LogP contribution in [0.4, 0.5) is 5.69 Å². The Morgan fingerprint density at radius 1 is 1.14 bits per heavy atom. The Bertz CT molecular complexity index is 1170. The van der Waals surface area contributed by atoms with Gasteiger partial charge in [-0.1, -0.05) is 19.1 Å². The van der Waals surface area contributed by atoms with E-state index in [0.717, 1.165) is 19.5 Å². The summed E-state index contributed by atoms with van der Waals surface area (Å²) in [4.78, 5) is 40.9. The molecule has 4 rings (SSSR count). The number of nitro benzene ring substituents is 1. The Morgan fingerprint density at radius 3 is 2.54 bits per heavy atom. The quantitative estimate of drug-likeness (QED) is 0.170. The van der Waals surface area contributed by atoms with Gasteiger partial charge in [-0.15, -0.1) is 0 Å². The van der Waals surface area contributed by atoms with E-state index in [4.69, 9.17) is 9.47 Å². The number of aliphatic hydroxyl groups excluding tert-OH is 1. The Kier molecular flexibility index (Phi) is 8.52. The number of amides is 1. The van der Waals surface area contributed by atoms with Crippen molar-refractivity contribution < 1.29 is 29.1 Å². The van der Waals surface area contributed by atoms with Gasteiger partial charge < -0.3 is 19.5 Å². The van der Waals surface area contributed by atoms with Crippen molar-refractivity contribution in [2.75, 3.05) is 46.0 Å². The fraction of sp³-hybridized carbons (Fsp3) is 0.407. The van der Waals surface area contributed by atoms with Crippen LogP contribution in [0.25, 0.3) is 5.76 Å². The van der Waals surface area contributed by atoms with Crippen molar-refractivity contribution in [3.05, 3.63) is 75.3 Å². The second-order valence-corrected chi connectivity index (χ2v) is 9.02. The zero-order valence-corrected chi connectivity index (χ0v) is 20.8. The molecule has 0 saturated carbocycles. The smallest absolute Gasteiger partial charge is 0.295 e. The summed E-state index contributed by atoms with van der Waals surface area (Å²) in [6.07, 6.45) is 1.45. The summed E-state index contributed by atoms with van der Waals surface area (Å²) in [7, 11) is 0. The third-order valence-corrected chi connectivity index (χ3v) is 6.51. The van der Waals surface area contributed by atoms with Gasteiger partial charge in [0.2, 0.25) is 0 Å². The number of Topliss-reactive ketones (excluding diaryl/α,β-unsaturated/α-hetero) is 1. The summed E-state index contributed by atoms with van der Waals surface area (Å²) in [6.45, 7) is 6.42. The van der Waals surface area contributed by atoms with Crippen LogP contribution in [-0.2, 0) is 14.3 Å². The van der Waals surface area contributed by atoms with Crippen molar-refractivity contribution in [2.45, 2.75) is 25.8 Å². The predicted molar refractivity (Wildman–Crippen MR) is 136 cm³/mol. The summed E-state index contributed by atoms with van der Waals surface area (Å²) < 4.78 is 11.0. The van der Waals surface area contributed by atoms with Gasteiger partial charge >= 0.3 is 0 Å². The van der Waals surface area contributed by atoms with Crippen LogP contribution in [0.5, 0.6) is 5.75 Å². The second-order valence-electron chi connectivity index (χ2n) is 9.02. The molecule has 2 aliphatic rings. The lowest BCUT2D eigenvalue weighted by molar-refractivity contribution is -0.384. The van der Waals surface area contributed by atoms with Crippen molar-refractivity contribution >= 4 is 23.1 Å². The fourth-order valence-electron chi connectivity index (χ4n) is 4.64. The molecule has 1 amide bonds. The van der Waals surface area contributed by atoms with Crippen LogP contribution in [0.3, 0.4) is 0 Å². The molecule has 1 N–H and O–H groups in total. The Balaban J connectivity index is 1.67. The van der Waals surface area contributed by atoms with Crippen molar-refractivity contribution in [1.29, 1.82) is 0 Å². The fourth-order valence-corrected chi connectivity index (χ4v) is 4.64. The summed E-state index contributed by atoms with van der Waals surface area (Å²) >= 11 is 0. The minimum Gasteiger partial charge on any atom is -0.507 e. The number of aliphatic hydroxyl groups is 1. The first-order valence-electron chi connectivity index (χ1n) is 12.5. The minimum absolute atomic E-state index is 0.0842. The number of carbonyl (C=O) groups is 2. The standard InChI is InChI=1S/C27H31N3O7/c1-2-15-37-22-9-7-19(8-10-22)25(31)23-24(20-5-3-6-21(18-20)30(34)35)29(27(33)26(23)32)12-4-11-28-13-16-36-17-14-28/h3,5-10,18,24,31H,2,4,11-17H2,1H3/t24-/m0/s1. The number of rotatable bonds is 10. The number of hydrogen-bond acceptors (Lipinski definition) is 8. The zero-order valence-electron chi connectivity index (χ0n) is 20.8. The topological polar surface area (TPSA) is 122 Å². The van der Waals surface area contributed by atoms with Gasteiger partial charge in [-0.25, -0.2) is 0 Å². The molecule has 0 unspecified atom stereocenters. The van der Waals surface area contributed by atoms with Crippen LogP contribution in [0, 0.1) is 10.1 Å². The van der Waals surface area contributed by atoms with E-state index in [2.05, 4.69) is 4.90 Å². The van der Waals surface area contributed by atoms with E-state index in [-0.39, 0.29) is 23.6 Å². The molecule has 196 valence electrons. The largest absolute Gasteiger partial charge is 0.507 e. The first-order chi connectivity index (χ1) is 17.9. The number of morpholine rings is 1. The highest BCUT2D eigenvalue weighted by Gasteiger charge is 2.46. The average Bonchev–Trinajstić information content (AvgIpc) is 3.17. The number of nitrogens with zero attached hydrogens (tertiary/aromatic N) is 3. The zero-order chi connectivity index (χ0) is 26.4. The molecule has 0 radical (unpaired) electrons. The lowest BCUT2D eigenvalue weighted by Gasteiger charge is -2.29. The van der Waals surface area contributed by atoms with Crippen molar-refractivity contribution in [3.63, 3.8) is 0 Å².